The molecule has 1 aliphatic heterocycles. The monoisotopic (exact) mass is 499 g/mol. The van der Waals surface area contributed by atoms with Crippen molar-refractivity contribution in [1.29, 1.82) is 0 Å². The van der Waals surface area contributed by atoms with E-state index < -0.39 is 29.3 Å². The number of rotatable bonds is 7. The summed E-state index contributed by atoms with van der Waals surface area (Å²) in [6, 6.07) is 6.47. The second kappa shape index (κ2) is 9.89. The molecule has 0 saturated carbocycles. The van der Waals surface area contributed by atoms with E-state index in [2.05, 4.69) is 10.1 Å². The van der Waals surface area contributed by atoms with Gasteiger partial charge in [-0.1, -0.05) is 18.1 Å². The summed E-state index contributed by atoms with van der Waals surface area (Å²) in [4.78, 5) is 17.0. The second-order valence-corrected chi connectivity index (χ2v) is 9.70. The maximum atomic E-state index is 15.5. The third kappa shape index (κ3) is 5.36. The number of aromatic nitrogens is 2. The maximum absolute atomic E-state index is 15.5. The molecule has 0 aliphatic carbocycles. The Balaban J connectivity index is 1.84. The highest BCUT2D eigenvalue weighted by Gasteiger charge is 2.39. The van der Waals surface area contributed by atoms with Crippen LogP contribution in [0.25, 0.3) is 17.5 Å². The van der Waals surface area contributed by atoms with E-state index in [1.807, 2.05) is 19.9 Å². The number of nitrogens with zero attached hydrogens (tertiary/aromatic N) is 3. The summed E-state index contributed by atoms with van der Waals surface area (Å²) in [6.07, 6.45) is 3.09. The molecule has 2 unspecified atom stereocenters. The first kappa shape index (κ1) is 25.6. The maximum Gasteiger partial charge on any atom is 0.328 e. The molecular formula is C27H28F3N3O3. The highest BCUT2D eigenvalue weighted by atomic mass is 19.1. The molecule has 0 fully saturated rings. The highest BCUT2D eigenvalue weighted by Crippen LogP contribution is 2.42. The molecule has 0 spiro atoms. The largest absolute Gasteiger partial charge is 0.478 e. The van der Waals surface area contributed by atoms with E-state index in [1.165, 1.54) is 13.8 Å². The molecular weight excluding hydrogens is 471 g/mol. The molecule has 4 rings (SSSR count). The average molecular weight is 500 g/mol. The first-order chi connectivity index (χ1) is 17.0. The van der Waals surface area contributed by atoms with Crippen LogP contribution in [0.3, 0.4) is 0 Å². The van der Waals surface area contributed by atoms with E-state index in [4.69, 9.17) is 9.63 Å². The van der Waals surface area contributed by atoms with Crippen molar-refractivity contribution in [3.05, 3.63) is 76.1 Å². The first-order valence-corrected chi connectivity index (χ1v) is 11.8. The molecule has 36 heavy (non-hydrogen) atoms. The number of fused-ring (bicyclic) bond motifs is 1. The minimum atomic E-state index is -1.61. The number of alkyl halides is 1. The van der Waals surface area contributed by atoms with Gasteiger partial charge in [0.15, 0.2) is 5.82 Å². The number of hydrogen-bond acceptors (Lipinski definition) is 5. The zero-order valence-electron chi connectivity index (χ0n) is 20.6. The lowest BCUT2D eigenvalue weighted by atomic mass is 9.83. The van der Waals surface area contributed by atoms with Crippen molar-refractivity contribution >= 4 is 12.0 Å². The summed E-state index contributed by atoms with van der Waals surface area (Å²) < 4.78 is 51.1. The predicted molar refractivity (Wildman–Crippen MR) is 129 cm³/mol. The summed E-state index contributed by atoms with van der Waals surface area (Å²) in [5.41, 5.74) is 0.461. The molecule has 1 N–H and O–H groups in total. The number of carboxylic acids is 1. The Labute approximate surface area is 207 Å². The summed E-state index contributed by atoms with van der Waals surface area (Å²) in [5.74, 6) is -1.96. The van der Waals surface area contributed by atoms with Crippen LogP contribution >= 0.6 is 0 Å². The molecule has 1 aromatic heterocycles. The Kier molecular flexibility index (Phi) is 7.04. The molecule has 2 heterocycles. The fourth-order valence-electron chi connectivity index (χ4n) is 4.70. The quantitative estimate of drug-likeness (QED) is 0.417. The normalized spacial score (nSPS) is 18.5. The van der Waals surface area contributed by atoms with E-state index in [9.17, 15) is 9.18 Å². The van der Waals surface area contributed by atoms with Gasteiger partial charge in [-0.05, 0) is 74.2 Å². The third-order valence-corrected chi connectivity index (χ3v) is 6.23. The molecule has 0 amide bonds. The van der Waals surface area contributed by atoms with E-state index >= 15 is 8.78 Å². The molecule has 1 aliphatic rings. The molecule has 9 heteroatoms. The second-order valence-electron chi connectivity index (χ2n) is 9.70. The molecule has 6 nitrogen and oxygen atoms in total. The highest BCUT2D eigenvalue weighted by molar-refractivity contribution is 5.85. The minimum absolute atomic E-state index is 0.0386. The van der Waals surface area contributed by atoms with Gasteiger partial charge in [-0.2, -0.15) is 4.98 Å². The number of aryl methyl sites for hydroxylation is 1. The molecule has 2 aromatic carbocycles. The number of carboxylic acid groups (broad SMARTS) is 1. The van der Waals surface area contributed by atoms with Crippen LogP contribution in [-0.4, -0.2) is 44.4 Å². The molecule has 3 aromatic rings. The van der Waals surface area contributed by atoms with E-state index in [1.54, 1.807) is 17.0 Å². The van der Waals surface area contributed by atoms with Gasteiger partial charge in [0.1, 0.15) is 17.3 Å². The lowest BCUT2D eigenvalue weighted by Gasteiger charge is -2.44. The van der Waals surface area contributed by atoms with Gasteiger partial charge in [0, 0.05) is 36.2 Å². The number of hydrogen-bond donors (Lipinski definition) is 1. The van der Waals surface area contributed by atoms with Crippen molar-refractivity contribution in [3.63, 3.8) is 0 Å². The Morgan fingerprint density at radius 2 is 1.94 bits per heavy atom. The average Bonchev–Trinajstić information content (AvgIpc) is 3.27. The lowest BCUT2D eigenvalue weighted by molar-refractivity contribution is -0.131. The topological polar surface area (TPSA) is 79.5 Å². The van der Waals surface area contributed by atoms with Crippen molar-refractivity contribution in [1.82, 2.24) is 15.0 Å². The van der Waals surface area contributed by atoms with Gasteiger partial charge in [0.2, 0.25) is 0 Å². The number of aliphatic carboxylic acids is 1. The smallest absolute Gasteiger partial charge is 0.328 e. The van der Waals surface area contributed by atoms with Gasteiger partial charge < -0.3 is 9.63 Å². The zero-order valence-corrected chi connectivity index (χ0v) is 20.6. The van der Waals surface area contributed by atoms with Gasteiger partial charge in [-0.3, -0.25) is 4.90 Å². The fourth-order valence-corrected chi connectivity index (χ4v) is 4.70. The van der Waals surface area contributed by atoms with Crippen LogP contribution in [0.15, 0.2) is 40.9 Å². The van der Waals surface area contributed by atoms with Crippen molar-refractivity contribution in [2.75, 3.05) is 6.54 Å². The van der Waals surface area contributed by atoms with Crippen molar-refractivity contribution in [3.8, 4) is 11.5 Å². The minimum Gasteiger partial charge on any atom is -0.478 e. The fraction of sp³-hybridized carbons (Fsp3) is 0.370. The number of benzene rings is 2. The Morgan fingerprint density at radius 1 is 1.25 bits per heavy atom. The molecule has 0 bridgehead atoms. The van der Waals surface area contributed by atoms with Crippen LogP contribution in [-0.2, 0) is 17.6 Å². The molecule has 0 radical (unpaired) electrons. The van der Waals surface area contributed by atoms with Gasteiger partial charge in [0.25, 0.3) is 5.89 Å². The van der Waals surface area contributed by atoms with Crippen LogP contribution in [0, 0.1) is 11.6 Å². The molecule has 190 valence electrons. The third-order valence-electron chi connectivity index (χ3n) is 6.23. The summed E-state index contributed by atoms with van der Waals surface area (Å²) in [7, 11) is 0. The van der Waals surface area contributed by atoms with E-state index in [0.717, 1.165) is 29.8 Å². The molecule has 0 saturated heterocycles. The van der Waals surface area contributed by atoms with Gasteiger partial charge >= 0.3 is 5.97 Å². The summed E-state index contributed by atoms with van der Waals surface area (Å²) in [5, 5.41) is 12.8. The van der Waals surface area contributed by atoms with Crippen LogP contribution in [0.4, 0.5) is 13.2 Å². The lowest BCUT2D eigenvalue weighted by Crippen LogP contribution is -2.48. The van der Waals surface area contributed by atoms with Crippen LogP contribution in [0.1, 0.15) is 61.8 Å². The van der Waals surface area contributed by atoms with E-state index in [0.29, 0.717) is 35.7 Å². The van der Waals surface area contributed by atoms with Crippen molar-refractivity contribution in [2.45, 2.75) is 58.3 Å². The van der Waals surface area contributed by atoms with Crippen LogP contribution in [0.5, 0.6) is 0 Å². The van der Waals surface area contributed by atoms with Crippen molar-refractivity contribution < 1.29 is 27.6 Å². The van der Waals surface area contributed by atoms with Gasteiger partial charge in [-0.15, -0.1) is 0 Å². The Bertz CT molecular complexity index is 1290. The van der Waals surface area contributed by atoms with Gasteiger partial charge in [0.05, 0.1) is 6.04 Å². The molecule has 2 atom stereocenters. The first-order valence-electron chi connectivity index (χ1n) is 11.8. The number of halogens is 3. The summed E-state index contributed by atoms with van der Waals surface area (Å²) >= 11 is 0. The van der Waals surface area contributed by atoms with Crippen LogP contribution in [0.2, 0.25) is 0 Å². The van der Waals surface area contributed by atoms with Crippen molar-refractivity contribution in [2.24, 2.45) is 0 Å². The standard InChI is InChI=1S/C27H28F3N3O3/c1-5-22-31-26(36-32-22)17-7-8-19-18(13-17)10-15(2)33(14-27(3,4)30)25(19)24-20(28)11-16(12-21(24)29)6-9-23(34)35/h6-9,11-13,15,25H,5,10,14H2,1-4H3,(H,34,35)/b9-6+. The van der Waals surface area contributed by atoms with E-state index in [-0.39, 0.29) is 23.7 Å². The Morgan fingerprint density at radius 3 is 2.53 bits per heavy atom. The Hall–Kier alpha value is -3.46. The van der Waals surface area contributed by atoms with Gasteiger partial charge in [-0.25, -0.2) is 18.0 Å². The zero-order chi connectivity index (χ0) is 26.2. The predicted octanol–water partition coefficient (Wildman–Crippen LogP) is 5.76. The number of carbonyl (C=O) groups is 1. The SMILES string of the molecule is CCc1noc(-c2ccc3c(c2)CC(C)N(CC(C)(C)F)C3c2c(F)cc(/C=C/C(=O)O)cc2F)n1. The summed E-state index contributed by atoms with van der Waals surface area (Å²) in [6.45, 7) is 6.64. The van der Waals surface area contributed by atoms with Crippen LogP contribution < -0.4 is 0 Å².